The van der Waals surface area contributed by atoms with E-state index in [-0.39, 0.29) is 12.3 Å². The highest BCUT2D eigenvalue weighted by molar-refractivity contribution is 7.21. The molecule has 1 aromatic heterocycles. The number of hydrazone groups is 1. The molecular weight excluding hydrogens is 598 g/mol. The number of thiophene rings is 1. The summed E-state index contributed by atoms with van der Waals surface area (Å²) >= 11 is 7.80. The lowest BCUT2D eigenvalue weighted by Crippen LogP contribution is -2.18. The lowest BCUT2D eigenvalue weighted by atomic mass is 10.1. The maximum absolute atomic E-state index is 12.9. The molecule has 8 nitrogen and oxygen atoms in total. The molecule has 0 bridgehead atoms. The predicted molar refractivity (Wildman–Crippen MR) is 174 cm³/mol. The van der Waals surface area contributed by atoms with Crippen LogP contribution in [0.1, 0.15) is 43.6 Å². The van der Waals surface area contributed by atoms with Gasteiger partial charge in [0.1, 0.15) is 4.88 Å². The Morgan fingerprint density at radius 1 is 0.909 bits per heavy atom. The van der Waals surface area contributed by atoms with Gasteiger partial charge in [0.25, 0.3) is 11.8 Å². The van der Waals surface area contributed by atoms with Gasteiger partial charge in [-0.2, -0.15) is 5.10 Å². The summed E-state index contributed by atoms with van der Waals surface area (Å²) in [7, 11) is 0. The first-order chi connectivity index (χ1) is 21.3. The van der Waals surface area contributed by atoms with Gasteiger partial charge >= 0.3 is 5.97 Å². The number of carbonyl (C=O) groups excluding carboxylic acids is 3. The normalized spacial score (nSPS) is 11.0. The number of benzene rings is 4. The minimum Gasteiger partial charge on any atom is -0.490 e. The summed E-state index contributed by atoms with van der Waals surface area (Å²) in [5, 5.41) is 8.13. The van der Waals surface area contributed by atoms with Gasteiger partial charge < -0.3 is 14.8 Å². The van der Waals surface area contributed by atoms with Crippen molar-refractivity contribution in [3.05, 3.63) is 123 Å². The van der Waals surface area contributed by atoms with Gasteiger partial charge in [0.05, 0.1) is 24.3 Å². The second kappa shape index (κ2) is 14.0. The Bertz CT molecular complexity index is 1850. The summed E-state index contributed by atoms with van der Waals surface area (Å²) < 4.78 is 12.1. The largest absolute Gasteiger partial charge is 0.490 e. The smallest absolute Gasteiger partial charge is 0.315 e. The highest BCUT2D eigenvalue weighted by Gasteiger charge is 2.18. The van der Waals surface area contributed by atoms with Gasteiger partial charge in [-0.05, 0) is 79.1 Å². The highest BCUT2D eigenvalue weighted by atomic mass is 35.5. The van der Waals surface area contributed by atoms with E-state index < -0.39 is 11.9 Å². The number of fused-ring (bicyclic) bond motifs is 1. The van der Waals surface area contributed by atoms with Crippen molar-refractivity contribution < 1.29 is 23.9 Å². The number of hydrogen-bond donors (Lipinski definition) is 2. The van der Waals surface area contributed by atoms with E-state index in [0.717, 1.165) is 21.2 Å². The fraction of sp³-hybridized carbons (Fsp3) is 0.118. The zero-order chi connectivity index (χ0) is 31.1. The minimum atomic E-state index is -0.432. The molecule has 10 heteroatoms. The third kappa shape index (κ3) is 7.50. The van der Waals surface area contributed by atoms with Crippen LogP contribution < -0.4 is 20.2 Å². The van der Waals surface area contributed by atoms with Crippen LogP contribution in [0.2, 0.25) is 5.02 Å². The van der Waals surface area contributed by atoms with Crippen LogP contribution in [0.5, 0.6) is 11.5 Å². The zero-order valence-corrected chi connectivity index (χ0v) is 25.5. The van der Waals surface area contributed by atoms with Crippen molar-refractivity contribution in [1.29, 1.82) is 0 Å². The quantitative estimate of drug-likeness (QED) is 0.0727. The maximum atomic E-state index is 12.9. The van der Waals surface area contributed by atoms with E-state index >= 15 is 0 Å². The molecule has 222 valence electrons. The molecular formula is C34H28ClN3O5S. The van der Waals surface area contributed by atoms with E-state index in [0.29, 0.717) is 44.8 Å². The molecule has 1 heterocycles. The topological polar surface area (TPSA) is 106 Å². The number of halogens is 1. The maximum Gasteiger partial charge on any atom is 0.315 e. The zero-order valence-electron chi connectivity index (χ0n) is 23.9. The van der Waals surface area contributed by atoms with Crippen LogP contribution in [0.25, 0.3) is 10.1 Å². The Morgan fingerprint density at radius 3 is 2.43 bits per heavy atom. The Kier molecular flexibility index (Phi) is 9.69. The van der Waals surface area contributed by atoms with Crippen molar-refractivity contribution in [2.75, 3.05) is 11.9 Å². The van der Waals surface area contributed by atoms with E-state index in [4.69, 9.17) is 21.1 Å². The molecule has 0 unspecified atom stereocenters. The van der Waals surface area contributed by atoms with Crippen LogP contribution >= 0.6 is 22.9 Å². The first-order valence-electron chi connectivity index (χ1n) is 13.8. The second-order valence-electron chi connectivity index (χ2n) is 9.75. The van der Waals surface area contributed by atoms with E-state index in [1.54, 1.807) is 42.5 Å². The molecule has 0 saturated carbocycles. The fourth-order valence-electron chi connectivity index (χ4n) is 4.32. The number of rotatable bonds is 10. The number of esters is 1. The standard InChI is InChI=1S/C34H28ClN3O5S/c1-3-42-28-18-23(10-16-27(28)43-30(39)19-22-7-5-4-6-8-22)20-36-38-33(40)24-11-13-25(14-12-24)37-34(41)32-31(35)26-15-9-21(2)17-29(26)44-32/h4-18,20H,3,19H2,1-2H3,(H,37,41)(H,38,40)/b36-20-. The third-order valence-corrected chi connectivity index (χ3v) is 8.11. The molecule has 5 rings (SSSR count). The number of aryl methyl sites for hydroxylation is 1. The molecule has 5 aromatic rings. The average molecular weight is 626 g/mol. The van der Waals surface area contributed by atoms with E-state index in [2.05, 4.69) is 15.8 Å². The third-order valence-electron chi connectivity index (χ3n) is 6.46. The average Bonchev–Trinajstić information content (AvgIpc) is 3.34. The minimum absolute atomic E-state index is 0.134. The molecule has 0 atom stereocenters. The SMILES string of the molecule is CCOc1cc(/C=N\NC(=O)c2ccc(NC(=O)c3sc4cc(C)ccc4c3Cl)cc2)ccc1OC(=O)Cc1ccccc1. The molecule has 4 aromatic carbocycles. The Hall–Kier alpha value is -4.99. The first kappa shape index (κ1) is 30.5. The summed E-state index contributed by atoms with van der Waals surface area (Å²) in [6.45, 7) is 4.18. The predicted octanol–water partition coefficient (Wildman–Crippen LogP) is 7.43. The molecule has 0 fully saturated rings. The van der Waals surface area contributed by atoms with Crippen molar-refractivity contribution >= 4 is 62.7 Å². The molecule has 0 aliphatic carbocycles. The van der Waals surface area contributed by atoms with Crippen LogP contribution in [0, 0.1) is 6.92 Å². The highest BCUT2D eigenvalue weighted by Crippen LogP contribution is 2.36. The Morgan fingerprint density at radius 2 is 1.68 bits per heavy atom. The Labute approximate surface area is 263 Å². The van der Waals surface area contributed by atoms with Crippen LogP contribution in [-0.4, -0.2) is 30.6 Å². The van der Waals surface area contributed by atoms with Crippen LogP contribution in [0.3, 0.4) is 0 Å². The fourth-order valence-corrected chi connectivity index (χ4v) is 5.83. The van der Waals surface area contributed by atoms with Crippen LogP contribution in [0.4, 0.5) is 5.69 Å². The summed E-state index contributed by atoms with van der Waals surface area (Å²) in [6.07, 6.45) is 1.59. The number of anilines is 1. The summed E-state index contributed by atoms with van der Waals surface area (Å²) in [5.74, 6) is -0.479. The van der Waals surface area contributed by atoms with Crippen molar-refractivity contribution in [2.45, 2.75) is 20.3 Å². The number of nitrogens with zero attached hydrogens (tertiary/aromatic N) is 1. The molecule has 2 N–H and O–H groups in total. The summed E-state index contributed by atoms with van der Waals surface area (Å²) in [4.78, 5) is 38.4. The summed E-state index contributed by atoms with van der Waals surface area (Å²) in [6, 6.07) is 26.6. The molecule has 44 heavy (non-hydrogen) atoms. The number of carbonyl (C=O) groups is 3. The lowest BCUT2D eigenvalue weighted by Gasteiger charge is -2.11. The van der Waals surface area contributed by atoms with Crippen LogP contribution in [0.15, 0.2) is 96.1 Å². The van der Waals surface area contributed by atoms with Crippen molar-refractivity contribution in [2.24, 2.45) is 5.10 Å². The van der Waals surface area contributed by atoms with Gasteiger partial charge in [-0.15, -0.1) is 11.3 Å². The van der Waals surface area contributed by atoms with E-state index in [1.807, 2.05) is 62.4 Å². The Balaban J connectivity index is 1.17. The first-order valence-corrected chi connectivity index (χ1v) is 14.9. The van der Waals surface area contributed by atoms with Crippen molar-refractivity contribution in [1.82, 2.24) is 5.43 Å². The number of amides is 2. The van der Waals surface area contributed by atoms with Crippen molar-refractivity contribution in [3.8, 4) is 11.5 Å². The molecule has 2 amide bonds. The monoisotopic (exact) mass is 625 g/mol. The van der Waals surface area contributed by atoms with Gasteiger partial charge in [0.2, 0.25) is 0 Å². The van der Waals surface area contributed by atoms with E-state index in [1.165, 1.54) is 17.6 Å². The summed E-state index contributed by atoms with van der Waals surface area (Å²) in [5.41, 5.74) is 5.93. The van der Waals surface area contributed by atoms with Crippen molar-refractivity contribution in [3.63, 3.8) is 0 Å². The molecule has 0 aliphatic rings. The van der Waals surface area contributed by atoms with Gasteiger partial charge in [-0.3, -0.25) is 14.4 Å². The molecule has 0 spiro atoms. The van der Waals surface area contributed by atoms with Crippen LogP contribution in [-0.2, 0) is 11.2 Å². The number of nitrogens with one attached hydrogen (secondary N) is 2. The molecule has 0 radical (unpaired) electrons. The number of hydrogen-bond acceptors (Lipinski definition) is 7. The van der Waals surface area contributed by atoms with E-state index in [9.17, 15) is 14.4 Å². The molecule has 0 aliphatic heterocycles. The van der Waals surface area contributed by atoms with Gasteiger partial charge in [0.15, 0.2) is 11.5 Å². The lowest BCUT2D eigenvalue weighted by molar-refractivity contribution is -0.133. The van der Waals surface area contributed by atoms with Gasteiger partial charge in [-0.25, -0.2) is 5.43 Å². The molecule has 0 saturated heterocycles. The number of ether oxygens (including phenoxy) is 2. The second-order valence-corrected chi connectivity index (χ2v) is 11.2. The van der Waals surface area contributed by atoms with Gasteiger partial charge in [-0.1, -0.05) is 54.1 Å². The van der Waals surface area contributed by atoms with Gasteiger partial charge in [0, 0.05) is 21.3 Å².